The third kappa shape index (κ3) is 4.74. The van der Waals surface area contributed by atoms with E-state index < -0.39 is 0 Å². The van der Waals surface area contributed by atoms with Crippen molar-refractivity contribution >= 4 is 11.6 Å². The summed E-state index contributed by atoms with van der Waals surface area (Å²) in [4.78, 5) is 13.0. The topological polar surface area (TPSA) is 47.6 Å². The molecule has 28 heavy (non-hydrogen) atoms. The molecule has 1 aliphatic rings. The minimum absolute atomic E-state index is 0.0372. The van der Waals surface area contributed by atoms with Gasteiger partial charge in [0.15, 0.2) is 0 Å². The molecular weight excluding hydrogens is 350 g/mol. The molecule has 0 radical (unpaired) electrons. The molecule has 1 N–H and O–H groups in total. The Morgan fingerprint density at radius 1 is 1.18 bits per heavy atom. The number of nitrogens with one attached hydrogen (secondary N) is 1. The summed E-state index contributed by atoms with van der Waals surface area (Å²) in [5.74, 6) is 1.24. The van der Waals surface area contributed by atoms with E-state index in [9.17, 15) is 4.79 Å². The first-order chi connectivity index (χ1) is 13.4. The van der Waals surface area contributed by atoms with Crippen molar-refractivity contribution in [3.05, 3.63) is 59.7 Å². The van der Waals surface area contributed by atoms with Crippen molar-refractivity contribution in [2.75, 3.05) is 19.0 Å². The summed E-state index contributed by atoms with van der Waals surface area (Å²) in [6, 6.07) is 16.1. The van der Waals surface area contributed by atoms with Crippen LogP contribution in [0.1, 0.15) is 44.2 Å². The smallest absolute Gasteiger partial charge is 0.225 e. The van der Waals surface area contributed by atoms with Gasteiger partial charge in [-0.25, -0.2) is 0 Å². The number of rotatable bonds is 6. The number of aryl methyl sites for hydroxylation is 1. The van der Waals surface area contributed by atoms with Crippen LogP contribution in [0.25, 0.3) is 0 Å². The minimum Gasteiger partial charge on any atom is -0.497 e. The van der Waals surface area contributed by atoms with Crippen LogP contribution < -0.4 is 10.1 Å². The summed E-state index contributed by atoms with van der Waals surface area (Å²) in [5, 5.41) is 3.06. The van der Waals surface area contributed by atoms with Gasteiger partial charge in [0.25, 0.3) is 0 Å². The van der Waals surface area contributed by atoms with Crippen LogP contribution in [0, 0.1) is 12.8 Å². The summed E-state index contributed by atoms with van der Waals surface area (Å²) >= 11 is 0. The van der Waals surface area contributed by atoms with Gasteiger partial charge in [-0.15, -0.1) is 0 Å². The van der Waals surface area contributed by atoms with Gasteiger partial charge < -0.3 is 14.8 Å². The normalized spacial score (nSPS) is 22.1. The SMILES string of the molecule is COc1ccc(NC(=O)C[C@@]2(c3ccc(C)cc3)CCO[C@@H](C(C)C)C2)cc1. The number of carbonyl (C=O) groups excluding carboxylic acids is 1. The Hall–Kier alpha value is -2.33. The first kappa shape index (κ1) is 20.4. The highest BCUT2D eigenvalue weighted by atomic mass is 16.5. The molecule has 0 bridgehead atoms. The van der Waals surface area contributed by atoms with Gasteiger partial charge in [0.1, 0.15) is 5.75 Å². The van der Waals surface area contributed by atoms with Crippen LogP contribution in [0.4, 0.5) is 5.69 Å². The molecule has 4 nitrogen and oxygen atoms in total. The molecule has 150 valence electrons. The average molecular weight is 382 g/mol. The predicted octanol–water partition coefficient (Wildman–Crippen LogP) is 5.11. The van der Waals surface area contributed by atoms with Crippen LogP contribution >= 0.6 is 0 Å². The van der Waals surface area contributed by atoms with E-state index in [1.54, 1.807) is 7.11 Å². The third-order valence-corrected chi connectivity index (χ3v) is 5.78. The fourth-order valence-corrected chi connectivity index (χ4v) is 4.00. The molecule has 1 amide bonds. The van der Waals surface area contributed by atoms with Crippen LogP contribution in [0.2, 0.25) is 0 Å². The Morgan fingerprint density at radius 2 is 1.86 bits per heavy atom. The van der Waals surface area contributed by atoms with E-state index in [1.807, 2.05) is 24.3 Å². The van der Waals surface area contributed by atoms with E-state index in [0.29, 0.717) is 18.9 Å². The zero-order valence-electron chi connectivity index (χ0n) is 17.3. The quantitative estimate of drug-likeness (QED) is 0.757. The lowest BCUT2D eigenvalue weighted by molar-refractivity contribution is -0.119. The molecular formula is C24H31NO3. The monoisotopic (exact) mass is 381 g/mol. The minimum atomic E-state index is -0.197. The van der Waals surface area contributed by atoms with Gasteiger partial charge in [-0.1, -0.05) is 43.7 Å². The molecule has 1 saturated heterocycles. The Morgan fingerprint density at radius 3 is 2.46 bits per heavy atom. The maximum absolute atomic E-state index is 13.0. The lowest BCUT2D eigenvalue weighted by Gasteiger charge is -2.42. The average Bonchev–Trinajstić information content (AvgIpc) is 2.69. The number of methoxy groups -OCH3 is 1. The van der Waals surface area contributed by atoms with E-state index in [0.717, 1.165) is 24.3 Å². The molecule has 1 fully saturated rings. The predicted molar refractivity (Wildman–Crippen MR) is 113 cm³/mol. The molecule has 2 aromatic carbocycles. The van der Waals surface area contributed by atoms with E-state index in [-0.39, 0.29) is 17.4 Å². The fraction of sp³-hybridized carbons (Fsp3) is 0.458. The molecule has 2 aromatic rings. The second kappa shape index (κ2) is 8.78. The number of hydrogen-bond donors (Lipinski definition) is 1. The molecule has 0 spiro atoms. The van der Waals surface area contributed by atoms with Crippen molar-refractivity contribution < 1.29 is 14.3 Å². The van der Waals surface area contributed by atoms with Crippen molar-refractivity contribution in [3.63, 3.8) is 0 Å². The van der Waals surface area contributed by atoms with Crippen LogP contribution in [-0.2, 0) is 14.9 Å². The van der Waals surface area contributed by atoms with E-state index in [1.165, 1.54) is 11.1 Å². The number of anilines is 1. The van der Waals surface area contributed by atoms with Gasteiger partial charge in [0.2, 0.25) is 5.91 Å². The number of amides is 1. The standard InChI is InChI=1S/C24H31NO3/c1-17(2)22-15-24(13-14-28-22,19-7-5-18(3)6-8-19)16-23(26)25-20-9-11-21(27-4)12-10-20/h5-12,17,22H,13-16H2,1-4H3,(H,25,26)/t22-,24-/m1/s1. The summed E-state index contributed by atoms with van der Waals surface area (Å²) in [7, 11) is 1.63. The fourth-order valence-electron chi connectivity index (χ4n) is 4.00. The van der Waals surface area contributed by atoms with Gasteiger partial charge >= 0.3 is 0 Å². The molecule has 1 heterocycles. The van der Waals surface area contributed by atoms with Crippen LogP contribution in [0.5, 0.6) is 5.75 Å². The summed E-state index contributed by atoms with van der Waals surface area (Å²) in [6.45, 7) is 7.15. The highest BCUT2D eigenvalue weighted by Gasteiger charge is 2.41. The van der Waals surface area contributed by atoms with Crippen molar-refractivity contribution in [3.8, 4) is 5.75 Å². The van der Waals surface area contributed by atoms with E-state index >= 15 is 0 Å². The Kier molecular flexibility index (Phi) is 6.40. The second-order valence-electron chi connectivity index (χ2n) is 8.21. The largest absolute Gasteiger partial charge is 0.497 e. The van der Waals surface area contributed by atoms with Crippen molar-refractivity contribution in [2.45, 2.75) is 51.6 Å². The zero-order chi connectivity index (χ0) is 20.1. The molecule has 0 aliphatic carbocycles. The number of benzene rings is 2. The highest BCUT2D eigenvalue weighted by Crippen LogP contribution is 2.42. The van der Waals surface area contributed by atoms with Gasteiger partial charge in [-0.05, 0) is 55.5 Å². The molecule has 3 rings (SSSR count). The van der Waals surface area contributed by atoms with Gasteiger partial charge in [0, 0.05) is 24.1 Å². The zero-order valence-corrected chi connectivity index (χ0v) is 17.3. The van der Waals surface area contributed by atoms with Crippen molar-refractivity contribution in [1.29, 1.82) is 0 Å². The lowest BCUT2D eigenvalue weighted by Crippen LogP contribution is -2.43. The maximum atomic E-state index is 13.0. The van der Waals surface area contributed by atoms with E-state index in [2.05, 4.69) is 50.4 Å². The number of ether oxygens (including phenoxy) is 2. The molecule has 0 aromatic heterocycles. The van der Waals surface area contributed by atoms with E-state index in [4.69, 9.17) is 9.47 Å². The third-order valence-electron chi connectivity index (χ3n) is 5.78. The van der Waals surface area contributed by atoms with Crippen LogP contribution in [-0.4, -0.2) is 25.7 Å². The van der Waals surface area contributed by atoms with Gasteiger partial charge in [-0.3, -0.25) is 4.79 Å². The maximum Gasteiger partial charge on any atom is 0.225 e. The highest BCUT2D eigenvalue weighted by molar-refractivity contribution is 5.91. The van der Waals surface area contributed by atoms with Crippen LogP contribution in [0.3, 0.4) is 0 Å². The van der Waals surface area contributed by atoms with Gasteiger partial charge in [0.05, 0.1) is 13.2 Å². The van der Waals surface area contributed by atoms with Crippen molar-refractivity contribution in [2.24, 2.45) is 5.92 Å². The van der Waals surface area contributed by atoms with Gasteiger partial charge in [-0.2, -0.15) is 0 Å². The first-order valence-electron chi connectivity index (χ1n) is 10.0. The van der Waals surface area contributed by atoms with Crippen molar-refractivity contribution in [1.82, 2.24) is 0 Å². The molecule has 0 saturated carbocycles. The summed E-state index contributed by atoms with van der Waals surface area (Å²) in [5.41, 5.74) is 3.06. The summed E-state index contributed by atoms with van der Waals surface area (Å²) < 4.78 is 11.2. The number of carbonyl (C=O) groups is 1. The molecule has 0 unspecified atom stereocenters. The summed E-state index contributed by atoms with van der Waals surface area (Å²) in [6.07, 6.45) is 2.34. The van der Waals surface area contributed by atoms with Crippen LogP contribution in [0.15, 0.2) is 48.5 Å². The molecule has 4 heteroatoms. The number of hydrogen-bond acceptors (Lipinski definition) is 3. The first-order valence-corrected chi connectivity index (χ1v) is 10.0. The molecule has 2 atom stereocenters. The Bertz CT molecular complexity index is 783. The Labute approximate surface area is 168 Å². The molecule has 1 aliphatic heterocycles. The second-order valence-corrected chi connectivity index (χ2v) is 8.21. The lowest BCUT2D eigenvalue weighted by atomic mass is 9.68. The Balaban J connectivity index is 1.82.